The molecule has 0 aromatic carbocycles. The van der Waals surface area contributed by atoms with E-state index >= 15 is 0 Å². The minimum absolute atomic E-state index is 1.55. The highest BCUT2D eigenvalue weighted by Gasteiger charge is 2.40. The molecule has 0 rings (SSSR count). The fourth-order valence-electron chi connectivity index (χ4n) is 0.668. The van der Waals surface area contributed by atoms with Crippen LogP contribution >= 0.6 is 0 Å². The average molecular weight is 266 g/mol. The van der Waals surface area contributed by atoms with Crippen LogP contribution in [0.1, 0.15) is 12.8 Å². The third-order valence-corrected chi connectivity index (χ3v) is 1.24. The van der Waals surface area contributed by atoms with Crippen LogP contribution in [0.2, 0.25) is 0 Å². The first kappa shape index (κ1) is 15.4. The number of esters is 1. The second kappa shape index (κ2) is 5.15. The van der Waals surface area contributed by atoms with Crippen molar-refractivity contribution >= 4 is 17.5 Å². The summed E-state index contributed by atoms with van der Waals surface area (Å²) in [5, 5.41) is 0. The van der Waals surface area contributed by atoms with Gasteiger partial charge in [-0.1, -0.05) is 0 Å². The molecular weight excluding hydrogens is 262 g/mol. The maximum atomic E-state index is 11.6. The van der Waals surface area contributed by atoms with E-state index in [4.69, 9.17) is 0 Å². The number of rotatable bonds is 4. The molecule has 4 nitrogen and oxygen atoms in total. The summed E-state index contributed by atoms with van der Waals surface area (Å²) in [5.74, 6) is -6.12. The summed E-state index contributed by atoms with van der Waals surface area (Å²) in [7, 11) is 0. The van der Waals surface area contributed by atoms with Gasteiger partial charge < -0.3 is 4.74 Å². The van der Waals surface area contributed by atoms with Gasteiger partial charge in [-0.3, -0.25) is 14.4 Å². The van der Waals surface area contributed by atoms with Gasteiger partial charge in [0.25, 0.3) is 0 Å². The number of halogens is 6. The molecule has 0 saturated carbocycles. The predicted molar refractivity (Wildman–Crippen MR) is 37.5 cm³/mol. The zero-order valence-corrected chi connectivity index (χ0v) is 7.81. The lowest BCUT2D eigenvalue weighted by Crippen LogP contribution is -2.27. The van der Waals surface area contributed by atoms with E-state index in [1.807, 2.05) is 0 Å². The van der Waals surface area contributed by atoms with Crippen molar-refractivity contribution in [2.24, 2.45) is 0 Å². The van der Waals surface area contributed by atoms with Crippen molar-refractivity contribution in [3.05, 3.63) is 0 Å². The second-order valence-corrected chi connectivity index (χ2v) is 2.73. The standard InChI is InChI=1S/C7H4F6O4/c8-6(9,10)4(15)1-3(14)2-5(16)17-7(11,12)13/h1-2H2. The Balaban J connectivity index is 4.21. The molecule has 0 N–H and O–H groups in total. The van der Waals surface area contributed by atoms with Gasteiger partial charge in [0.15, 0.2) is 5.78 Å². The van der Waals surface area contributed by atoms with Crippen molar-refractivity contribution in [3.63, 3.8) is 0 Å². The van der Waals surface area contributed by atoms with E-state index in [1.54, 1.807) is 0 Å². The van der Waals surface area contributed by atoms with Gasteiger partial charge in [0, 0.05) is 0 Å². The highest BCUT2D eigenvalue weighted by atomic mass is 19.4. The van der Waals surface area contributed by atoms with Gasteiger partial charge >= 0.3 is 18.5 Å². The first-order chi connectivity index (χ1) is 7.42. The molecule has 0 saturated heterocycles. The molecule has 0 amide bonds. The SMILES string of the molecule is O=C(CC(=O)OC(F)(F)F)CC(=O)C(F)(F)F. The third-order valence-electron chi connectivity index (χ3n) is 1.24. The molecule has 17 heavy (non-hydrogen) atoms. The lowest BCUT2D eigenvalue weighted by atomic mass is 10.1. The number of alkyl halides is 6. The van der Waals surface area contributed by atoms with Gasteiger partial charge in [0.2, 0.25) is 5.78 Å². The van der Waals surface area contributed by atoms with Crippen molar-refractivity contribution in [2.75, 3.05) is 0 Å². The molecule has 0 fully saturated rings. The Hall–Kier alpha value is -1.61. The number of ketones is 2. The molecule has 0 heterocycles. The van der Waals surface area contributed by atoms with Crippen LogP contribution in [0.15, 0.2) is 0 Å². The number of Topliss-reactive ketones (excluding diaryl/α,β-unsaturated/α-hetero) is 2. The van der Waals surface area contributed by atoms with E-state index in [2.05, 4.69) is 4.74 Å². The Kier molecular flexibility index (Phi) is 4.66. The normalized spacial score (nSPS) is 12.1. The summed E-state index contributed by atoms with van der Waals surface area (Å²) in [6.07, 6.45) is -13.9. The predicted octanol–water partition coefficient (Wildman–Crippen LogP) is 1.53. The first-order valence-electron chi connectivity index (χ1n) is 3.82. The maximum absolute atomic E-state index is 11.6. The van der Waals surface area contributed by atoms with Gasteiger partial charge in [-0.25, -0.2) is 0 Å². The van der Waals surface area contributed by atoms with Crippen LogP contribution in [0.3, 0.4) is 0 Å². The van der Waals surface area contributed by atoms with Crippen molar-refractivity contribution in [1.82, 2.24) is 0 Å². The van der Waals surface area contributed by atoms with E-state index in [1.165, 1.54) is 0 Å². The van der Waals surface area contributed by atoms with Gasteiger partial charge in [0.05, 0.1) is 6.42 Å². The van der Waals surface area contributed by atoms with Gasteiger partial charge in [-0.2, -0.15) is 13.2 Å². The van der Waals surface area contributed by atoms with E-state index in [0.717, 1.165) is 0 Å². The van der Waals surface area contributed by atoms with Crippen LogP contribution in [0.25, 0.3) is 0 Å². The van der Waals surface area contributed by atoms with Crippen LogP contribution in [0.4, 0.5) is 26.3 Å². The molecule has 0 aliphatic carbocycles. The number of ether oxygens (including phenoxy) is 1. The lowest BCUT2D eigenvalue weighted by Gasteiger charge is -2.07. The van der Waals surface area contributed by atoms with E-state index in [0.29, 0.717) is 0 Å². The van der Waals surface area contributed by atoms with Crippen LogP contribution in [-0.4, -0.2) is 30.1 Å². The molecule has 98 valence electrons. The molecular formula is C7H4F6O4. The molecule has 0 aliphatic rings. The summed E-state index contributed by atoms with van der Waals surface area (Å²) in [6, 6.07) is 0. The number of carbonyl (C=O) groups is 3. The third kappa shape index (κ3) is 7.30. The Bertz CT molecular complexity index is 328. The van der Waals surface area contributed by atoms with Gasteiger partial charge in [-0.15, -0.1) is 13.2 Å². The summed E-state index contributed by atoms with van der Waals surface area (Å²) in [5.41, 5.74) is 0. The van der Waals surface area contributed by atoms with Crippen molar-refractivity contribution in [3.8, 4) is 0 Å². The van der Waals surface area contributed by atoms with Crippen molar-refractivity contribution in [1.29, 1.82) is 0 Å². The van der Waals surface area contributed by atoms with E-state index < -0.39 is 42.9 Å². The number of carbonyl (C=O) groups excluding carboxylic acids is 3. The Labute approximate surface area is 89.5 Å². The van der Waals surface area contributed by atoms with Gasteiger partial charge in [0.1, 0.15) is 6.42 Å². The number of hydrogen-bond donors (Lipinski definition) is 0. The largest absolute Gasteiger partial charge is 0.575 e. The van der Waals surface area contributed by atoms with Crippen LogP contribution in [0.5, 0.6) is 0 Å². The topological polar surface area (TPSA) is 60.4 Å². The minimum atomic E-state index is -5.33. The molecule has 0 atom stereocenters. The maximum Gasteiger partial charge on any atom is 0.575 e. The zero-order valence-electron chi connectivity index (χ0n) is 7.81. The monoisotopic (exact) mass is 266 g/mol. The van der Waals surface area contributed by atoms with Gasteiger partial charge in [-0.05, 0) is 0 Å². The van der Waals surface area contributed by atoms with E-state index in [9.17, 15) is 40.7 Å². The molecule has 0 unspecified atom stereocenters. The van der Waals surface area contributed by atoms with Crippen molar-refractivity contribution in [2.45, 2.75) is 25.4 Å². The fraction of sp³-hybridized carbons (Fsp3) is 0.571. The minimum Gasteiger partial charge on any atom is -0.373 e. The second-order valence-electron chi connectivity index (χ2n) is 2.73. The Morgan fingerprint density at radius 2 is 1.35 bits per heavy atom. The molecule has 10 heteroatoms. The molecule has 0 spiro atoms. The Morgan fingerprint density at radius 1 is 0.882 bits per heavy atom. The Morgan fingerprint density at radius 3 is 1.71 bits per heavy atom. The summed E-state index contributed by atoms with van der Waals surface area (Å²) in [4.78, 5) is 31.2. The fourth-order valence-corrected chi connectivity index (χ4v) is 0.668. The highest BCUT2D eigenvalue weighted by molar-refractivity contribution is 6.07. The van der Waals surface area contributed by atoms with E-state index in [-0.39, 0.29) is 0 Å². The molecule has 0 bridgehead atoms. The molecule has 0 aromatic heterocycles. The summed E-state index contributed by atoms with van der Waals surface area (Å²) < 4.78 is 71.8. The van der Waals surface area contributed by atoms with Crippen LogP contribution < -0.4 is 0 Å². The first-order valence-corrected chi connectivity index (χ1v) is 3.82. The zero-order chi connectivity index (χ0) is 13.9. The summed E-state index contributed by atoms with van der Waals surface area (Å²) >= 11 is 0. The van der Waals surface area contributed by atoms with Crippen LogP contribution in [-0.2, 0) is 19.1 Å². The van der Waals surface area contributed by atoms with Crippen LogP contribution in [0, 0.1) is 0 Å². The number of hydrogen-bond acceptors (Lipinski definition) is 4. The highest BCUT2D eigenvalue weighted by Crippen LogP contribution is 2.19. The lowest BCUT2D eigenvalue weighted by molar-refractivity contribution is -0.305. The smallest absolute Gasteiger partial charge is 0.373 e. The molecule has 0 aromatic rings. The van der Waals surface area contributed by atoms with Crippen molar-refractivity contribution < 1.29 is 45.5 Å². The molecule has 0 radical (unpaired) electrons. The average Bonchev–Trinajstić information content (AvgIpc) is 1.96. The molecule has 0 aliphatic heterocycles. The quantitative estimate of drug-likeness (QED) is 0.440. The summed E-state index contributed by atoms with van der Waals surface area (Å²) in [6.45, 7) is 0.